The third-order valence-corrected chi connectivity index (χ3v) is 4.02. The fourth-order valence-electron chi connectivity index (χ4n) is 2.65. The maximum Gasteiger partial charge on any atom is 0.269 e. The van der Waals surface area contributed by atoms with E-state index in [2.05, 4.69) is 10.9 Å². The number of carbonyl (C=O) groups is 2. The monoisotopic (exact) mass is 398 g/mol. The average Bonchev–Trinajstić information content (AvgIpc) is 2.76. The standard InChI is InChI=1S/C21H22N2O6/c1-3-27-18-12-14(4-7-16(18)26-2)5-9-20(24)22-23-21(25)15-6-8-17-19(13-15)29-11-10-28-17/h4-9,12-13H,3,10-11H2,1-2H3,(H,22,24)(H,23,25)/b9-5+. The third kappa shape index (κ3) is 5.19. The number of fused-ring (bicyclic) bond motifs is 1. The minimum absolute atomic E-state index is 0.343. The number of hydrazine groups is 1. The van der Waals surface area contributed by atoms with E-state index in [-0.39, 0.29) is 0 Å². The number of hydrogen-bond acceptors (Lipinski definition) is 6. The van der Waals surface area contributed by atoms with Crippen LogP contribution in [0.15, 0.2) is 42.5 Å². The summed E-state index contributed by atoms with van der Waals surface area (Å²) in [5.74, 6) is 1.34. The maximum absolute atomic E-state index is 12.2. The van der Waals surface area contributed by atoms with Gasteiger partial charge < -0.3 is 18.9 Å². The number of methoxy groups -OCH3 is 1. The fraction of sp³-hybridized carbons (Fsp3) is 0.238. The first kappa shape index (κ1) is 20.1. The summed E-state index contributed by atoms with van der Waals surface area (Å²) >= 11 is 0. The largest absolute Gasteiger partial charge is 0.493 e. The highest BCUT2D eigenvalue weighted by Crippen LogP contribution is 2.30. The van der Waals surface area contributed by atoms with Crippen LogP contribution in [0.2, 0.25) is 0 Å². The van der Waals surface area contributed by atoms with Gasteiger partial charge in [0.15, 0.2) is 23.0 Å². The molecule has 0 spiro atoms. The molecule has 0 aliphatic carbocycles. The number of carbonyl (C=O) groups excluding carboxylic acids is 2. The molecule has 2 aromatic rings. The van der Waals surface area contributed by atoms with Gasteiger partial charge in [-0.2, -0.15) is 0 Å². The van der Waals surface area contributed by atoms with Gasteiger partial charge in [-0.25, -0.2) is 0 Å². The fourth-order valence-corrected chi connectivity index (χ4v) is 2.65. The quantitative estimate of drug-likeness (QED) is 0.573. The molecule has 0 radical (unpaired) electrons. The zero-order chi connectivity index (χ0) is 20.6. The topological polar surface area (TPSA) is 95.1 Å². The van der Waals surface area contributed by atoms with E-state index in [9.17, 15) is 9.59 Å². The lowest BCUT2D eigenvalue weighted by molar-refractivity contribution is -0.117. The Morgan fingerprint density at radius 2 is 1.83 bits per heavy atom. The zero-order valence-electron chi connectivity index (χ0n) is 16.2. The Bertz CT molecular complexity index is 925. The molecular weight excluding hydrogens is 376 g/mol. The molecule has 0 saturated heterocycles. The van der Waals surface area contributed by atoms with Crippen molar-refractivity contribution in [1.29, 1.82) is 0 Å². The Kier molecular flexibility index (Phi) is 6.57. The Morgan fingerprint density at radius 3 is 2.59 bits per heavy atom. The first-order valence-electron chi connectivity index (χ1n) is 9.09. The molecule has 152 valence electrons. The smallest absolute Gasteiger partial charge is 0.269 e. The summed E-state index contributed by atoms with van der Waals surface area (Å²) in [4.78, 5) is 24.2. The molecule has 8 nitrogen and oxygen atoms in total. The van der Waals surface area contributed by atoms with Gasteiger partial charge in [-0.3, -0.25) is 20.4 Å². The van der Waals surface area contributed by atoms with E-state index >= 15 is 0 Å². The summed E-state index contributed by atoms with van der Waals surface area (Å²) in [7, 11) is 1.56. The number of amides is 2. The minimum atomic E-state index is -0.482. The van der Waals surface area contributed by atoms with Crippen LogP contribution in [0.25, 0.3) is 6.08 Å². The normalized spacial score (nSPS) is 12.3. The molecular formula is C21H22N2O6. The predicted molar refractivity (Wildman–Crippen MR) is 106 cm³/mol. The van der Waals surface area contributed by atoms with Crippen molar-refractivity contribution >= 4 is 17.9 Å². The third-order valence-electron chi connectivity index (χ3n) is 4.02. The SMILES string of the molecule is CCOc1cc(/C=C/C(=O)NNC(=O)c2ccc3c(c2)OCCO3)ccc1OC. The summed E-state index contributed by atoms with van der Waals surface area (Å²) in [6.07, 6.45) is 2.91. The van der Waals surface area contributed by atoms with Crippen LogP contribution >= 0.6 is 0 Å². The molecule has 0 unspecified atom stereocenters. The summed E-state index contributed by atoms with van der Waals surface area (Å²) in [6.45, 7) is 3.27. The van der Waals surface area contributed by atoms with Crippen LogP contribution < -0.4 is 29.8 Å². The lowest BCUT2D eigenvalue weighted by Gasteiger charge is -2.18. The van der Waals surface area contributed by atoms with Gasteiger partial charge >= 0.3 is 0 Å². The van der Waals surface area contributed by atoms with Gasteiger partial charge in [0.2, 0.25) is 0 Å². The van der Waals surface area contributed by atoms with Crippen molar-refractivity contribution in [3.05, 3.63) is 53.6 Å². The van der Waals surface area contributed by atoms with Crippen LogP contribution in [0.4, 0.5) is 0 Å². The molecule has 29 heavy (non-hydrogen) atoms. The molecule has 3 rings (SSSR count). The van der Waals surface area contributed by atoms with Gasteiger partial charge in [0, 0.05) is 11.6 Å². The van der Waals surface area contributed by atoms with E-state index in [0.717, 1.165) is 5.56 Å². The molecule has 2 aromatic carbocycles. The van der Waals surface area contributed by atoms with Crippen LogP contribution in [0.1, 0.15) is 22.8 Å². The Balaban J connectivity index is 1.57. The highest BCUT2D eigenvalue weighted by atomic mass is 16.6. The van der Waals surface area contributed by atoms with E-state index in [1.807, 2.05) is 6.92 Å². The van der Waals surface area contributed by atoms with Crippen molar-refractivity contribution in [3.63, 3.8) is 0 Å². The van der Waals surface area contributed by atoms with E-state index in [1.54, 1.807) is 49.6 Å². The van der Waals surface area contributed by atoms with Crippen LogP contribution in [-0.4, -0.2) is 38.7 Å². The van der Waals surface area contributed by atoms with E-state index in [1.165, 1.54) is 6.08 Å². The highest BCUT2D eigenvalue weighted by Gasteiger charge is 2.15. The molecule has 0 aromatic heterocycles. The highest BCUT2D eigenvalue weighted by molar-refractivity contribution is 5.98. The van der Waals surface area contributed by atoms with Gasteiger partial charge in [0.25, 0.3) is 11.8 Å². The Morgan fingerprint density at radius 1 is 1.03 bits per heavy atom. The summed E-state index contributed by atoms with van der Waals surface area (Å²) < 4.78 is 21.6. The van der Waals surface area contributed by atoms with Crippen LogP contribution in [-0.2, 0) is 4.79 Å². The average molecular weight is 398 g/mol. The summed E-state index contributed by atoms with van der Waals surface area (Å²) in [6, 6.07) is 10.1. The van der Waals surface area contributed by atoms with Crippen molar-refractivity contribution in [1.82, 2.24) is 10.9 Å². The first-order valence-corrected chi connectivity index (χ1v) is 9.09. The lowest BCUT2D eigenvalue weighted by Crippen LogP contribution is -2.40. The molecule has 2 amide bonds. The summed E-state index contributed by atoms with van der Waals surface area (Å²) in [5.41, 5.74) is 5.80. The molecule has 0 atom stereocenters. The minimum Gasteiger partial charge on any atom is -0.493 e. The first-order chi connectivity index (χ1) is 14.1. The number of hydrogen-bond donors (Lipinski definition) is 2. The van der Waals surface area contributed by atoms with E-state index in [0.29, 0.717) is 48.4 Å². The molecule has 8 heteroatoms. The van der Waals surface area contributed by atoms with Crippen LogP contribution in [0.3, 0.4) is 0 Å². The number of nitrogens with one attached hydrogen (secondary N) is 2. The second kappa shape index (κ2) is 9.50. The number of benzene rings is 2. The van der Waals surface area contributed by atoms with Crippen molar-refractivity contribution < 1.29 is 28.5 Å². The van der Waals surface area contributed by atoms with Crippen LogP contribution in [0.5, 0.6) is 23.0 Å². The summed E-state index contributed by atoms with van der Waals surface area (Å²) in [5, 5.41) is 0. The molecule has 1 heterocycles. The van der Waals surface area contributed by atoms with Crippen molar-refractivity contribution in [2.24, 2.45) is 0 Å². The van der Waals surface area contributed by atoms with E-state index < -0.39 is 11.8 Å². The Hall–Kier alpha value is -3.68. The van der Waals surface area contributed by atoms with Crippen molar-refractivity contribution in [3.8, 4) is 23.0 Å². The molecule has 0 fully saturated rings. The predicted octanol–water partition coefficient (Wildman–Crippen LogP) is 2.34. The van der Waals surface area contributed by atoms with E-state index in [4.69, 9.17) is 18.9 Å². The van der Waals surface area contributed by atoms with Gasteiger partial charge in [-0.05, 0) is 48.9 Å². The van der Waals surface area contributed by atoms with Gasteiger partial charge in [0.05, 0.1) is 13.7 Å². The van der Waals surface area contributed by atoms with Gasteiger partial charge in [-0.1, -0.05) is 6.07 Å². The maximum atomic E-state index is 12.2. The molecule has 1 aliphatic rings. The molecule has 0 saturated carbocycles. The van der Waals surface area contributed by atoms with Crippen molar-refractivity contribution in [2.75, 3.05) is 26.9 Å². The zero-order valence-corrected chi connectivity index (χ0v) is 16.2. The molecule has 1 aliphatic heterocycles. The lowest BCUT2D eigenvalue weighted by atomic mass is 10.2. The molecule has 0 bridgehead atoms. The number of rotatable bonds is 6. The number of ether oxygens (including phenoxy) is 4. The molecule has 2 N–H and O–H groups in total. The van der Waals surface area contributed by atoms with Crippen molar-refractivity contribution in [2.45, 2.75) is 6.92 Å². The van der Waals surface area contributed by atoms with Gasteiger partial charge in [0.1, 0.15) is 13.2 Å². The second-order valence-corrected chi connectivity index (χ2v) is 5.98. The second-order valence-electron chi connectivity index (χ2n) is 5.98. The Labute approximate surface area is 168 Å². The van der Waals surface area contributed by atoms with Crippen LogP contribution in [0, 0.1) is 0 Å². The van der Waals surface area contributed by atoms with Gasteiger partial charge in [-0.15, -0.1) is 0 Å².